The Hall–Kier alpha value is -1.16. The van der Waals surface area contributed by atoms with Crippen LogP contribution in [0, 0.1) is 0 Å². The molecule has 0 aliphatic rings. The number of benzene rings is 1. The lowest BCUT2D eigenvalue weighted by atomic mass is 9.89. The molecule has 1 aromatic rings. The summed E-state index contributed by atoms with van der Waals surface area (Å²) in [5.41, 5.74) is 2.44. The molecule has 25 heavy (non-hydrogen) atoms. The zero-order valence-corrected chi connectivity index (χ0v) is 16.6. The first-order chi connectivity index (χ1) is 12.2. The summed E-state index contributed by atoms with van der Waals surface area (Å²) >= 11 is 0. The fourth-order valence-electron chi connectivity index (χ4n) is 3.46. The van der Waals surface area contributed by atoms with E-state index in [1.807, 2.05) is 6.08 Å². The van der Waals surface area contributed by atoms with E-state index >= 15 is 0 Å². The molecule has 3 nitrogen and oxygen atoms in total. The highest BCUT2D eigenvalue weighted by atomic mass is 16.9. The van der Waals surface area contributed by atoms with Crippen LogP contribution in [0.15, 0.2) is 36.9 Å². The van der Waals surface area contributed by atoms with Crippen LogP contribution in [0.25, 0.3) is 0 Å². The van der Waals surface area contributed by atoms with Crippen molar-refractivity contribution in [1.29, 1.82) is 0 Å². The molecule has 0 heterocycles. The fraction of sp³-hybridized carbons (Fsp3) is 0.636. The van der Waals surface area contributed by atoms with Crippen LogP contribution in [-0.2, 0) is 20.6 Å². The van der Waals surface area contributed by atoms with E-state index in [-0.39, 0.29) is 5.92 Å². The second-order valence-electron chi connectivity index (χ2n) is 6.56. The van der Waals surface area contributed by atoms with Gasteiger partial charge in [-0.3, -0.25) is 0 Å². The Kier molecular flexibility index (Phi) is 10.7. The van der Waals surface area contributed by atoms with Crippen molar-refractivity contribution in [3.63, 3.8) is 0 Å². The van der Waals surface area contributed by atoms with Crippen molar-refractivity contribution in [3.8, 4) is 0 Å². The van der Waals surface area contributed by atoms with Crippen molar-refractivity contribution in [2.75, 3.05) is 21.3 Å². The third kappa shape index (κ3) is 6.58. The minimum absolute atomic E-state index is 0.0310. The lowest BCUT2D eigenvalue weighted by Gasteiger charge is -2.37. The molecule has 0 aliphatic heterocycles. The maximum Gasteiger partial charge on any atom is 0.289 e. The van der Waals surface area contributed by atoms with Crippen LogP contribution in [0.3, 0.4) is 0 Å². The summed E-state index contributed by atoms with van der Waals surface area (Å²) in [6, 6.07) is 8.57. The number of rotatable bonds is 14. The molecule has 0 bridgehead atoms. The molecule has 0 saturated carbocycles. The summed E-state index contributed by atoms with van der Waals surface area (Å²) in [4.78, 5) is 0. The third-order valence-corrected chi connectivity index (χ3v) is 4.86. The van der Waals surface area contributed by atoms with Gasteiger partial charge in [-0.15, -0.1) is 6.58 Å². The predicted molar refractivity (Wildman–Crippen MR) is 105 cm³/mol. The van der Waals surface area contributed by atoms with Crippen LogP contribution in [0.1, 0.15) is 68.9 Å². The zero-order chi connectivity index (χ0) is 18.5. The Labute approximate surface area is 154 Å². The molecular weight excluding hydrogens is 312 g/mol. The first-order valence-electron chi connectivity index (χ1n) is 9.52. The number of hydrogen-bond donors (Lipinski definition) is 0. The molecule has 0 N–H and O–H groups in total. The number of unbranched alkanes of at least 4 members (excludes halogenated alkanes) is 5. The highest BCUT2D eigenvalue weighted by molar-refractivity contribution is 5.28. The summed E-state index contributed by atoms with van der Waals surface area (Å²) in [5.74, 6) is -1.01. The Morgan fingerprint density at radius 1 is 1.00 bits per heavy atom. The largest absolute Gasteiger partial charge is 0.330 e. The molecule has 0 aromatic heterocycles. The molecule has 0 fully saturated rings. The predicted octanol–water partition coefficient (Wildman–Crippen LogP) is 5.84. The van der Waals surface area contributed by atoms with Crippen LogP contribution >= 0.6 is 0 Å². The molecule has 0 amide bonds. The zero-order valence-electron chi connectivity index (χ0n) is 16.6. The minimum Gasteiger partial charge on any atom is -0.330 e. The highest BCUT2D eigenvalue weighted by Gasteiger charge is 2.40. The van der Waals surface area contributed by atoms with Gasteiger partial charge in [-0.25, -0.2) is 0 Å². The van der Waals surface area contributed by atoms with Gasteiger partial charge in [0.1, 0.15) is 0 Å². The van der Waals surface area contributed by atoms with Gasteiger partial charge < -0.3 is 14.2 Å². The molecule has 3 heteroatoms. The second-order valence-corrected chi connectivity index (χ2v) is 6.56. The van der Waals surface area contributed by atoms with E-state index in [0.717, 1.165) is 19.3 Å². The quantitative estimate of drug-likeness (QED) is 0.240. The topological polar surface area (TPSA) is 27.7 Å². The number of methoxy groups -OCH3 is 3. The molecule has 0 spiro atoms. The summed E-state index contributed by atoms with van der Waals surface area (Å²) in [6.45, 7) is 6.09. The van der Waals surface area contributed by atoms with E-state index in [2.05, 4.69) is 37.8 Å². The van der Waals surface area contributed by atoms with Gasteiger partial charge in [0.25, 0.3) is 5.97 Å². The molecule has 0 radical (unpaired) electrons. The Balaban J connectivity index is 2.91. The van der Waals surface area contributed by atoms with Gasteiger partial charge in [-0.2, -0.15) is 0 Å². The molecule has 1 atom stereocenters. The maximum atomic E-state index is 5.68. The van der Waals surface area contributed by atoms with Crippen molar-refractivity contribution in [3.05, 3.63) is 48.0 Å². The van der Waals surface area contributed by atoms with Crippen LogP contribution in [0.5, 0.6) is 0 Å². The van der Waals surface area contributed by atoms with Crippen molar-refractivity contribution < 1.29 is 14.2 Å². The monoisotopic (exact) mass is 348 g/mol. The SMILES string of the molecule is C=CCc1cccc(C(CCCCCCCC)C(OC)(OC)OC)c1. The van der Waals surface area contributed by atoms with Gasteiger partial charge in [0.15, 0.2) is 0 Å². The average molecular weight is 349 g/mol. The first-order valence-corrected chi connectivity index (χ1v) is 9.52. The van der Waals surface area contributed by atoms with Crippen LogP contribution in [-0.4, -0.2) is 27.3 Å². The van der Waals surface area contributed by atoms with Crippen molar-refractivity contribution in [2.24, 2.45) is 0 Å². The Morgan fingerprint density at radius 2 is 1.64 bits per heavy atom. The maximum absolute atomic E-state index is 5.68. The van der Waals surface area contributed by atoms with Crippen LogP contribution in [0.2, 0.25) is 0 Å². The van der Waals surface area contributed by atoms with Crippen molar-refractivity contribution >= 4 is 0 Å². The van der Waals surface area contributed by atoms with E-state index < -0.39 is 5.97 Å². The molecular formula is C22H36O3. The fourth-order valence-corrected chi connectivity index (χ4v) is 3.46. The van der Waals surface area contributed by atoms with E-state index in [4.69, 9.17) is 14.2 Å². The molecule has 1 rings (SSSR count). The van der Waals surface area contributed by atoms with Gasteiger partial charge in [0.2, 0.25) is 0 Å². The molecule has 0 aliphatic carbocycles. The standard InChI is InChI=1S/C22H36O3/c1-6-8-9-10-11-12-17-21(22(23-3,24-4)25-5)20-16-13-15-19(18-20)14-7-2/h7,13,15-16,18,21H,2,6,8-12,14,17H2,1,3-5H3. The summed E-state index contributed by atoms with van der Waals surface area (Å²) in [6.07, 6.45) is 11.3. The van der Waals surface area contributed by atoms with Crippen molar-refractivity contribution in [2.45, 2.75) is 70.2 Å². The van der Waals surface area contributed by atoms with E-state index in [1.54, 1.807) is 21.3 Å². The molecule has 0 saturated heterocycles. The van der Waals surface area contributed by atoms with Crippen LogP contribution < -0.4 is 0 Å². The number of hydrogen-bond acceptors (Lipinski definition) is 3. The van der Waals surface area contributed by atoms with Gasteiger partial charge >= 0.3 is 0 Å². The van der Waals surface area contributed by atoms with Gasteiger partial charge in [-0.1, -0.05) is 75.8 Å². The highest BCUT2D eigenvalue weighted by Crippen LogP contribution is 2.37. The molecule has 1 aromatic carbocycles. The minimum atomic E-state index is -1.05. The number of allylic oxidation sites excluding steroid dienone is 1. The summed E-state index contributed by atoms with van der Waals surface area (Å²) in [7, 11) is 4.94. The van der Waals surface area contributed by atoms with Crippen molar-refractivity contribution in [1.82, 2.24) is 0 Å². The molecule has 142 valence electrons. The third-order valence-electron chi connectivity index (χ3n) is 4.86. The molecule has 1 unspecified atom stereocenters. The van der Waals surface area contributed by atoms with Gasteiger partial charge in [0, 0.05) is 21.3 Å². The average Bonchev–Trinajstić information content (AvgIpc) is 2.65. The van der Waals surface area contributed by atoms with E-state index in [0.29, 0.717) is 0 Å². The Bertz CT molecular complexity index is 472. The lowest BCUT2D eigenvalue weighted by molar-refractivity contribution is -0.365. The number of ether oxygens (including phenoxy) is 3. The first kappa shape index (κ1) is 21.9. The normalized spacial score (nSPS) is 13.0. The van der Waals surface area contributed by atoms with E-state index in [1.165, 1.54) is 43.2 Å². The second kappa shape index (κ2) is 12.2. The summed E-state index contributed by atoms with van der Waals surface area (Å²) in [5, 5.41) is 0. The van der Waals surface area contributed by atoms with E-state index in [9.17, 15) is 0 Å². The van der Waals surface area contributed by atoms with Gasteiger partial charge in [-0.05, 0) is 24.0 Å². The van der Waals surface area contributed by atoms with Gasteiger partial charge in [0.05, 0.1) is 5.92 Å². The van der Waals surface area contributed by atoms with Crippen LogP contribution in [0.4, 0.5) is 0 Å². The smallest absolute Gasteiger partial charge is 0.289 e. The lowest BCUT2D eigenvalue weighted by Crippen LogP contribution is -2.42. The Morgan fingerprint density at radius 3 is 2.24 bits per heavy atom. The summed E-state index contributed by atoms with van der Waals surface area (Å²) < 4.78 is 17.1.